The number of carbonyl (C=O) groups is 1. The molecule has 3 N–H and O–H groups in total. The summed E-state index contributed by atoms with van der Waals surface area (Å²) in [6.07, 6.45) is 1.24. The molecule has 0 bridgehead atoms. The van der Waals surface area contributed by atoms with E-state index in [1.807, 2.05) is 0 Å². The molecule has 0 spiro atoms. The molecule has 1 aliphatic carbocycles. The van der Waals surface area contributed by atoms with Crippen LogP contribution in [0.15, 0.2) is 47.5 Å². The number of aliphatic hydroxyl groups is 1. The van der Waals surface area contributed by atoms with Crippen LogP contribution in [0, 0.1) is 11.6 Å². The van der Waals surface area contributed by atoms with E-state index < -0.39 is 30.7 Å². The van der Waals surface area contributed by atoms with Crippen molar-refractivity contribution in [2.24, 2.45) is 0 Å². The molecular weight excluding hydrogens is 380 g/mol. The van der Waals surface area contributed by atoms with E-state index in [0.717, 1.165) is 12.1 Å². The summed E-state index contributed by atoms with van der Waals surface area (Å²) in [5, 5.41) is 21.5. The number of halogens is 2. The number of aliphatic hydroxyl groups excluding tert-OH is 1. The van der Waals surface area contributed by atoms with Crippen molar-refractivity contribution in [1.29, 1.82) is 0 Å². The minimum atomic E-state index is -2.67. The van der Waals surface area contributed by atoms with E-state index in [0.29, 0.717) is 30.4 Å². The summed E-state index contributed by atoms with van der Waals surface area (Å²) in [7, 11) is -2.67. The van der Waals surface area contributed by atoms with E-state index in [1.165, 1.54) is 18.2 Å². The molecular formula is C22H23F2NO4. The third-order valence-corrected chi connectivity index (χ3v) is 4.98. The summed E-state index contributed by atoms with van der Waals surface area (Å²) in [5.74, 6) is -2.88. The number of nitrogens with one attached hydrogen (secondary N) is 1. The van der Waals surface area contributed by atoms with Crippen molar-refractivity contribution in [2.45, 2.75) is 25.3 Å². The highest BCUT2D eigenvalue weighted by atomic mass is 19.1. The number of hydrogen-bond acceptors (Lipinski definition) is 4. The van der Waals surface area contributed by atoms with Gasteiger partial charge in [-0.25, -0.2) is 13.6 Å². The molecule has 0 saturated carbocycles. The Kier molecular flexibility index (Phi) is 5.40. The van der Waals surface area contributed by atoms with Crippen LogP contribution in [0.1, 0.15) is 35.0 Å². The lowest BCUT2D eigenvalue weighted by molar-refractivity contribution is -0.132. The second-order valence-electron chi connectivity index (χ2n) is 6.76. The van der Waals surface area contributed by atoms with Crippen LogP contribution in [-0.4, -0.2) is 36.4 Å². The van der Waals surface area contributed by atoms with Crippen LogP contribution in [0.3, 0.4) is 0 Å². The summed E-state index contributed by atoms with van der Waals surface area (Å²) in [4.78, 5) is 11.6. The van der Waals surface area contributed by atoms with Crippen molar-refractivity contribution in [3.63, 3.8) is 0 Å². The molecule has 1 atom stereocenters. The zero-order chi connectivity index (χ0) is 23.5. The topological polar surface area (TPSA) is 78.8 Å². The monoisotopic (exact) mass is 406 g/mol. The highest BCUT2D eigenvalue weighted by Crippen LogP contribution is 2.39. The first-order valence-electron chi connectivity index (χ1n) is 10.7. The molecule has 5 nitrogen and oxygen atoms in total. The summed E-state index contributed by atoms with van der Waals surface area (Å²) < 4.78 is 56.8. The molecule has 0 aromatic heterocycles. The van der Waals surface area contributed by atoms with Gasteiger partial charge in [0, 0.05) is 17.7 Å². The standard InChI is InChI=1S/C22H23F2NO4/c1-29-15-5-2-4-13(10-15)14-11-18(23)20(19(24)12-14)21(25-8-9-26)16-6-3-7-17(16)22(27)28/h2,4-5,10-12,21,25-26H,3,6-9H2,1H3,(H,27,28)/i1D3. The lowest BCUT2D eigenvalue weighted by Crippen LogP contribution is -2.28. The Morgan fingerprint density at radius 1 is 1.24 bits per heavy atom. The van der Waals surface area contributed by atoms with Gasteiger partial charge in [-0.3, -0.25) is 0 Å². The smallest absolute Gasteiger partial charge is 0.331 e. The third kappa shape index (κ3) is 4.46. The Balaban J connectivity index is 2.03. The molecule has 2 aromatic carbocycles. The largest absolute Gasteiger partial charge is 0.497 e. The number of aliphatic carboxylic acids is 1. The van der Waals surface area contributed by atoms with Gasteiger partial charge in [-0.1, -0.05) is 12.1 Å². The van der Waals surface area contributed by atoms with E-state index in [9.17, 15) is 15.0 Å². The van der Waals surface area contributed by atoms with E-state index in [2.05, 4.69) is 5.32 Å². The van der Waals surface area contributed by atoms with Crippen LogP contribution in [0.5, 0.6) is 5.75 Å². The summed E-state index contributed by atoms with van der Waals surface area (Å²) in [6, 6.07) is 7.04. The number of rotatable bonds is 8. The molecule has 0 saturated heterocycles. The van der Waals surface area contributed by atoms with Gasteiger partial charge in [0.1, 0.15) is 17.4 Å². The third-order valence-electron chi connectivity index (χ3n) is 4.98. The molecule has 0 amide bonds. The first-order valence-corrected chi connectivity index (χ1v) is 9.18. The van der Waals surface area contributed by atoms with Gasteiger partial charge in [0.05, 0.1) is 23.8 Å². The molecule has 2 aromatic rings. The zero-order valence-corrected chi connectivity index (χ0v) is 15.5. The van der Waals surface area contributed by atoms with E-state index in [1.54, 1.807) is 6.07 Å². The van der Waals surface area contributed by atoms with Crippen LogP contribution < -0.4 is 10.1 Å². The maximum Gasteiger partial charge on any atom is 0.331 e. The lowest BCUT2D eigenvalue weighted by Gasteiger charge is -2.23. The number of carboxylic acids is 1. The fraction of sp³-hybridized carbons (Fsp3) is 0.318. The van der Waals surface area contributed by atoms with Gasteiger partial charge >= 0.3 is 5.97 Å². The zero-order valence-electron chi connectivity index (χ0n) is 18.5. The molecule has 0 fully saturated rings. The van der Waals surface area contributed by atoms with Gasteiger partial charge in [-0.05, 0) is 60.2 Å². The van der Waals surface area contributed by atoms with Gasteiger partial charge in [0.15, 0.2) is 0 Å². The second kappa shape index (κ2) is 9.15. The average molecular weight is 406 g/mol. The van der Waals surface area contributed by atoms with Gasteiger partial charge in [0.25, 0.3) is 0 Å². The van der Waals surface area contributed by atoms with Crippen molar-refractivity contribution in [1.82, 2.24) is 5.32 Å². The quantitative estimate of drug-likeness (QED) is 0.621. The van der Waals surface area contributed by atoms with Gasteiger partial charge in [0.2, 0.25) is 0 Å². The predicted octanol–water partition coefficient (Wildman–Crippen LogP) is 3.83. The van der Waals surface area contributed by atoms with Crippen LogP contribution in [0.4, 0.5) is 8.78 Å². The summed E-state index contributed by atoms with van der Waals surface area (Å²) >= 11 is 0. The van der Waals surface area contributed by atoms with E-state index >= 15 is 8.78 Å². The molecule has 29 heavy (non-hydrogen) atoms. The molecule has 3 rings (SSSR count). The van der Waals surface area contributed by atoms with E-state index in [-0.39, 0.29) is 35.6 Å². The minimum absolute atomic E-state index is 0.0240. The Hall–Kier alpha value is -2.77. The molecule has 0 aliphatic heterocycles. The molecule has 0 radical (unpaired) electrons. The van der Waals surface area contributed by atoms with Crippen LogP contribution in [0.25, 0.3) is 11.1 Å². The Bertz CT molecular complexity index is 1020. The maximum atomic E-state index is 15.2. The number of carboxylic acid groups (broad SMARTS) is 1. The number of methoxy groups -OCH3 is 1. The van der Waals surface area contributed by atoms with Crippen LogP contribution in [0.2, 0.25) is 0 Å². The molecule has 154 valence electrons. The minimum Gasteiger partial charge on any atom is -0.497 e. The summed E-state index contributed by atoms with van der Waals surface area (Å²) in [6.45, 7) is -0.264. The molecule has 1 aliphatic rings. The SMILES string of the molecule is [2H]C([2H])([2H])Oc1cccc(-c2cc(F)c(C(NCCO)C3=C(C(=O)O)CCC3)c(F)c2)c1. The predicted molar refractivity (Wildman–Crippen MR) is 105 cm³/mol. The fourth-order valence-electron chi connectivity index (χ4n) is 3.70. The van der Waals surface area contributed by atoms with Gasteiger partial charge in [-0.2, -0.15) is 0 Å². The Morgan fingerprint density at radius 2 is 2.00 bits per heavy atom. The lowest BCUT2D eigenvalue weighted by atomic mass is 9.92. The molecule has 1 unspecified atom stereocenters. The Morgan fingerprint density at radius 3 is 2.66 bits per heavy atom. The fourth-order valence-corrected chi connectivity index (χ4v) is 3.70. The van der Waals surface area contributed by atoms with Gasteiger partial charge in [-0.15, -0.1) is 0 Å². The van der Waals surface area contributed by atoms with Crippen LogP contribution in [-0.2, 0) is 4.79 Å². The van der Waals surface area contributed by atoms with Crippen molar-refractivity contribution in [3.8, 4) is 16.9 Å². The Labute approximate surface area is 171 Å². The first-order chi connectivity index (χ1) is 15.1. The van der Waals surface area contributed by atoms with Crippen molar-refractivity contribution in [2.75, 3.05) is 20.2 Å². The number of benzene rings is 2. The maximum absolute atomic E-state index is 15.2. The molecule has 0 heterocycles. The molecule has 7 heteroatoms. The normalized spacial score (nSPS) is 16.9. The van der Waals surface area contributed by atoms with Crippen molar-refractivity contribution in [3.05, 3.63) is 64.7 Å². The number of ether oxygens (including phenoxy) is 1. The van der Waals surface area contributed by atoms with Crippen LogP contribution >= 0.6 is 0 Å². The average Bonchev–Trinajstić information content (AvgIpc) is 3.18. The van der Waals surface area contributed by atoms with Gasteiger partial charge < -0.3 is 20.3 Å². The summed E-state index contributed by atoms with van der Waals surface area (Å²) in [5.41, 5.74) is 0.705. The number of hydrogen-bond donors (Lipinski definition) is 3. The second-order valence-corrected chi connectivity index (χ2v) is 6.76. The first kappa shape index (κ1) is 17.1. The van der Waals surface area contributed by atoms with Crippen molar-refractivity contribution < 1.29 is 32.6 Å². The van der Waals surface area contributed by atoms with E-state index in [4.69, 9.17) is 8.85 Å². The highest BCUT2D eigenvalue weighted by Gasteiger charge is 2.31. The van der Waals surface area contributed by atoms with Crippen molar-refractivity contribution >= 4 is 5.97 Å². The highest BCUT2D eigenvalue weighted by molar-refractivity contribution is 5.88.